The number of esters is 1. The van der Waals surface area contributed by atoms with Crippen molar-refractivity contribution in [2.45, 2.75) is 11.8 Å². The minimum atomic E-state index is -4.39. The van der Waals surface area contributed by atoms with Gasteiger partial charge in [-0.2, -0.15) is 8.42 Å². The molecular formula is C19H18O7S. The van der Waals surface area contributed by atoms with Crippen LogP contribution in [0.5, 0.6) is 11.5 Å². The Balaban J connectivity index is 2.44. The fraction of sp³-hybridized carbons (Fsp3) is 0.211. The summed E-state index contributed by atoms with van der Waals surface area (Å²) in [5.74, 6) is 0.378. The number of hydrogen-bond acceptors (Lipinski definition) is 6. The maximum Gasteiger partial charge on any atom is 0.338 e. The third kappa shape index (κ3) is 3.29. The Bertz CT molecular complexity index is 1150. The van der Waals surface area contributed by atoms with Gasteiger partial charge in [0.15, 0.2) is 0 Å². The van der Waals surface area contributed by atoms with Crippen molar-refractivity contribution in [3.63, 3.8) is 0 Å². The summed E-state index contributed by atoms with van der Waals surface area (Å²) in [5, 5.41) is 2.28. The number of benzene rings is 3. The van der Waals surface area contributed by atoms with Gasteiger partial charge in [-0.05, 0) is 43.3 Å². The van der Waals surface area contributed by atoms with Crippen LogP contribution in [0.15, 0.2) is 41.3 Å². The van der Waals surface area contributed by atoms with Gasteiger partial charge in [0, 0.05) is 21.5 Å². The van der Waals surface area contributed by atoms with Crippen LogP contribution in [0.3, 0.4) is 0 Å². The van der Waals surface area contributed by atoms with E-state index in [1.807, 2.05) is 0 Å². The van der Waals surface area contributed by atoms with Gasteiger partial charge in [0.1, 0.15) is 11.5 Å². The van der Waals surface area contributed by atoms with Crippen LogP contribution in [-0.2, 0) is 14.9 Å². The fourth-order valence-electron chi connectivity index (χ4n) is 3.07. The predicted octanol–water partition coefficient (Wildman–Crippen LogP) is 3.43. The Morgan fingerprint density at radius 1 is 0.926 bits per heavy atom. The maximum atomic E-state index is 12.1. The van der Waals surface area contributed by atoms with Crippen molar-refractivity contribution >= 4 is 37.6 Å². The summed E-state index contributed by atoms with van der Waals surface area (Å²) >= 11 is 0. The highest BCUT2D eigenvalue weighted by Gasteiger charge is 2.20. The maximum absolute atomic E-state index is 12.1. The molecule has 142 valence electrons. The van der Waals surface area contributed by atoms with E-state index in [0.717, 1.165) is 0 Å². The quantitative estimate of drug-likeness (QED) is 0.405. The van der Waals surface area contributed by atoms with Gasteiger partial charge in [0.25, 0.3) is 10.1 Å². The lowest BCUT2D eigenvalue weighted by atomic mass is 9.98. The van der Waals surface area contributed by atoms with Crippen molar-refractivity contribution < 1.29 is 32.0 Å². The highest BCUT2D eigenvalue weighted by atomic mass is 32.2. The first-order chi connectivity index (χ1) is 12.8. The van der Waals surface area contributed by atoms with E-state index in [1.54, 1.807) is 31.2 Å². The fourth-order valence-corrected chi connectivity index (χ4v) is 3.58. The number of fused-ring (bicyclic) bond motifs is 2. The average molecular weight is 390 g/mol. The zero-order valence-corrected chi connectivity index (χ0v) is 15.8. The molecule has 0 saturated heterocycles. The molecular weight excluding hydrogens is 372 g/mol. The number of hydrogen-bond donors (Lipinski definition) is 1. The van der Waals surface area contributed by atoms with Crippen molar-refractivity contribution in [2.24, 2.45) is 0 Å². The Morgan fingerprint density at radius 2 is 1.48 bits per heavy atom. The van der Waals surface area contributed by atoms with Crippen molar-refractivity contribution in [3.05, 3.63) is 42.0 Å². The Labute approximate surface area is 156 Å². The lowest BCUT2D eigenvalue weighted by Gasteiger charge is -2.16. The molecule has 0 fully saturated rings. The molecule has 0 atom stereocenters. The highest BCUT2D eigenvalue weighted by Crippen LogP contribution is 2.43. The average Bonchev–Trinajstić information content (AvgIpc) is 2.64. The molecule has 0 saturated carbocycles. The van der Waals surface area contributed by atoms with Gasteiger partial charge in [-0.1, -0.05) is 0 Å². The first-order valence-corrected chi connectivity index (χ1v) is 9.51. The first kappa shape index (κ1) is 18.9. The van der Waals surface area contributed by atoms with Gasteiger partial charge in [-0.25, -0.2) is 4.79 Å². The minimum absolute atomic E-state index is 0.243. The predicted molar refractivity (Wildman–Crippen MR) is 100 cm³/mol. The SMILES string of the molecule is CCOC(=O)c1ccc2c(OC)c3ccc(S(=O)(=O)O)cc3c(OC)c2c1. The van der Waals surface area contributed by atoms with E-state index in [2.05, 4.69) is 0 Å². The summed E-state index contributed by atoms with van der Waals surface area (Å²) in [6.07, 6.45) is 0. The molecule has 0 aliphatic heterocycles. The normalized spacial score (nSPS) is 11.6. The van der Waals surface area contributed by atoms with E-state index in [0.29, 0.717) is 38.6 Å². The third-order valence-electron chi connectivity index (χ3n) is 4.21. The van der Waals surface area contributed by atoms with Gasteiger partial charge in [-0.15, -0.1) is 0 Å². The summed E-state index contributed by atoms with van der Waals surface area (Å²) < 4.78 is 48.5. The molecule has 0 radical (unpaired) electrons. The molecule has 0 heterocycles. The smallest absolute Gasteiger partial charge is 0.338 e. The number of carbonyl (C=O) groups excluding carboxylic acids is 1. The molecule has 0 aliphatic rings. The van der Waals surface area contributed by atoms with Crippen LogP contribution in [0.2, 0.25) is 0 Å². The first-order valence-electron chi connectivity index (χ1n) is 8.07. The molecule has 0 amide bonds. The molecule has 0 bridgehead atoms. The van der Waals surface area contributed by atoms with Crippen LogP contribution in [0.25, 0.3) is 21.5 Å². The van der Waals surface area contributed by atoms with Crippen LogP contribution in [-0.4, -0.2) is 39.8 Å². The number of rotatable bonds is 5. The van der Waals surface area contributed by atoms with Crippen molar-refractivity contribution in [2.75, 3.05) is 20.8 Å². The van der Waals surface area contributed by atoms with Gasteiger partial charge >= 0.3 is 5.97 Å². The van der Waals surface area contributed by atoms with E-state index in [1.165, 1.54) is 26.4 Å². The van der Waals surface area contributed by atoms with Crippen molar-refractivity contribution in [1.29, 1.82) is 0 Å². The zero-order chi connectivity index (χ0) is 19.8. The molecule has 1 N–H and O–H groups in total. The Morgan fingerprint density at radius 3 is 2.04 bits per heavy atom. The number of ether oxygens (including phenoxy) is 3. The third-order valence-corrected chi connectivity index (χ3v) is 5.06. The highest BCUT2D eigenvalue weighted by molar-refractivity contribution is 7.85. The Hall–Kier alpha value is -2.84. The minimum Gasteiger partial charge on any atom is -0.495 e. The Kier molecular flexibility index (Phi) is 4.95. The summed E-state index contributed by atoms with van der Waals surface area (Å²) in [4.78, 5) is 11.8. The summed E-state index contributed by atoms with van der Waals surface area (Å²) in [7, 11) is -1.45. The molecule has 3 aromatic rings. The number of methoxy groups -OCH3 is 2. The van der Waals surface area contributed by atoms with E-state index in [-0.39, 0.29) is 11.5 Å². The van der Waals surface area contributed by atoms with Crippen LogP contribution in [0, 0.1) is 0 Å². The lowest BCUT2D eigenvalue weighted by Crippen LogP contribution is -2.05. The molecule has 3 rings (SSSR count). The van der Waals surface area contributed by atoms with Crippen LogP contribution in [0.4, 0.5) is 0 Å². The molecule has 0 aromatic heterocycles. The molecule has 8 heteroatoms. The van der Waals surface area contributed by atoms with Gasteiger partial charge in [0.2, 0.25) is 0 Å². The molecule has 7 nitrogen and oxygen atoms in total. The monoisotopic (exact) mass is 390 g/mol. The summed E-state index contributed by atoms with van der Waals surface area (Å²) in [6, 6.07) is 9.09. The molecule has 27 heavy (non-hydrogen) atoms. The second-order valence-electron chi connectivity index (χ2n) is 5.73. The van der Waals surface area contributed by atoms with Crippen LogP contribution < -0.4 is 9.47 Å². The molecule has 0 aliphatic carbocycles. The van der Waals surface area contributed by atoms with Gasteiger partial charge < -0.3 is 14.2 Å². The van der Waals surface area contributed by atoms with Crippen LogP contribution >= 0.6 is 0 Å². The van der Waals surface area contributed by atoms with Gasteiger partial charge in [0.05, 0.1) is 31.3 Å². The largest absolute Gasteiger partial charge is 0.495 e. The van der Waals surface area contributed by atoms with E-state index < -0.39 is 16.1 Å². The van der Waals surface area contributed by atoms with Crippen LogP contribution in [0.1, 0.15) is 17.3 Å². The lowest BCUT2D eigenvalue weighted by molar-refractivity contribution is 0.0526. The molecule has 3 aromatic carbocycles. The van der Waals surface area contributed by atoms with Crippen molar-refractivity contribution in [1.82, 2.24) is 0 Å². The zero-order valence-electron chi connectivity index (χ0n) is 15.0. The van der Waals surface area contributed by atoms with E-state index in [9.17, 15) is 17.8 Å². The van der Waals surface area contributed by atoms with E-state index in [4.69, 9.17) is 14.2 Å². The molecule has 0 spiro atoms. The van der Waals surface area contributed by atoms with Crippen molar-refractivity contribution in [3.8, 4) is 11.5 Å². The number of carbonyl (C=O) groups is 1. The standard InChI is InChI=1S/C19H18O7S/c1-4-26-19(20)11-5-7-13-15(9-11)18(25-3)16-10-12(27(21,22)23)6-8-14(16)17(13)24-2/h5-10H,4H2,1-3H3,(H,21,22,23). The van der Waals surface area contributed by atoms with E-state index >= 15 is 0 Å². The topological polar surface area (TPSA) is 99.1 Å². The summed E-state index contributed by atoms with van der Waals surface area (Å²) in [6.45, 7) is 1.96. The molecule has 0 unspecified atom stereocenters. The summed E-state index contributed by atoms with van der Waals surface area (Å²) in [5.41, 5.74) is 0.329. The van der Waals surface area contributed by atoms with Gasteiger partial charge in [-0.3, -0.25) is 4.55 Å². The second-order valence-corrected chi connectivity index (χ2v) is 7.15. The second kappa shape index (κ2) is 7.05.